The molecule has 0 bridgehead atoms. The van der Waals surface area contributed by atoms with E-state index in [0.29, 0.717) is 0 Å². The van der Waals surface area contributed by atoms with E-state index in [1.54, 1.807) is 0 Å². The SMILES string of the molecule is CC.CC.CCCCCC/C=C/C1CCCC1. The van der Waals surface area contributed by atoms with Crippen LogP contribution in [0.2, 0.25) is 0 Å². The molecule has 104 valence electrons. The summed E-state index contributed by atoms with van der Waals surface area (Å²) in [5.41, 5.74) is 0. The van der Waals surface area contributed by atoms with Crippen LogP contribution >= 0.6 is 0 Å². The summed E-state index contributed by atoms with van der Waals surface area (Å²) >= 11 is 0. The molecule has 0 amide bonds. The summed E-state index contributed by atoms with van der Waals surface area (Å²) in [7, 11) is 0. The molecule has 0 nitrogen and oxygen atoms in total. The van der Waals surface area contributed by atoms with Gasteiger partial charge in [0.25, 0.3) is 0 Å². The molecule has 0 aromatic rings. The van der Waals surface area contributed by atoms with E-state index < -0.39 is 0 Å². The van der Waals surface area contributed by atoms with Gasteiger partial charge in [-0.15, -0.1) is 0 Å². The zero-order valence-electron chi connectivity index (χ0n) is 13.1. The molecule has 1 saturated carbocycles. The summed E-state index contributed by atoms with van der Waals surface area (Å²) in [6.45, 7) is 10.3. The first-order valence-corrected chi connectivity index (χ1v) is 8.10. The van der Waals surface area contributed by atoms with Gasteiger partial charge in [-0.2, -0.15) is 0 Å². The van der Waals surface area contributed by atoms with Crippen molar-refractivity contribution in [3.05, 3.63) is 12.2 Å². The molecule has 1 rings (SSSR count). The van der Waals surface area contributed by atoms with Crippen molar-refractivity contribution >= 4 is 0 Å². The normalized spacial score (nSPS) is 15.1. The van der Waals surface area contributed by atoms with Crippen LogP contribution in [0.1, 0.15) is 92.4 Å². The van der Waals surface area contributed by atoms with Gasteiger partial charge >= 0.3 is 0 Å². The first-order chi connectivity index (χ1) is 8.43. The molecule has 0 heterocycles. The molecule has 0 N–H and O–H groups in total. The van der Waals surface area contributed by atoms with Crippen LogP contribution in [0.15, 0.2) is 12.2 Å². The average Bonchev–Trinajstić information content (AvgIpc) is 2.92. The molecular formula is C17H36. The van der Waals surface area contributed by atoms with Crippen molar-refractivity contribution in [2.45, 2.75) is 92.4 Å². The largest absolute Gasteiger partial charge is 0.0883 e. The zero-order chi connectivity index (χ0) is 13.4. The quantitative estimate of drug-likeness (QED) is 0.355. The molecule has 0 saturated heterocycles. The fourth-order valence-electron chi connectivity index (χ4n) is 2.13. The molecule has 0 radical (unpaired) electrons. The minimum Gasteiger partial charge on any atom is -0.0883 e. The minimum absolute atomic E-state index is 0.936. The Kier molecular flexibility index (Phi) is 20.3. The third-order valence-electron chi connectivity index (χ3n) is 3.03. The van der Waals surface area contributed by atoms with Crippen molar-refractivity contribution in [3.63, 3.8) is 0 Å². The van der Waals surface area contributed by atoms with Gasteiger partial charge in [-0.05, 0) is 31.6 Å². The zero-order valence-corrected chi connectivity index (χ0v) is 13.1. The van der Waals surface area contributed by atoms with E-state index in [9.17, 15) is 0 Å². The molecule has 0 aliphatic heterocycles. The minimum atomic E-state index is 0.936. The Bertz CT molecular complexity index is 129. The van der Waals surface area contributed by atoms with Crippen LogP contribution in [0.5, 0.6) is 0 Å². The molecule has 0 atom stereocenters. The maximum absolute atomic E-state index is 2.47. The highest BCUT2D eigenvalue weighted by Gasteiger charge is 2.10. The van der Waals surface area contributed by atoms with Crippen molar-refractivity contribution in [1.82, 2.24) is 0 Å². The van der Waals surface area contributed by atoms with Gasteiger partial charge in [-0.1, -0.05) is 78.9 Å². The maximum atomic E-state index is 2.47. The average molecular weight is 240 g/mol. The van der Waals surface area contributed by atoms with E-state index in [1.165, 1.54) is 57.8 Å². The van der Waals surface area contributed by atoms with Crippen LogP contribution in [0, 0.1) is 5.92 Å². The smallest absolute Gasteiger partial charge is 0.0234 e. The summed E-state index contributed by atoms with van der Waals surface area (Å²) in [5.74, 6) is 0.936. The van der Waals surface area contributed by atoms with Crippen molar-refractivity contribution in [2.75, 3.05) is 0 Å². The lowest BCUT2D eigenvalue weighted by molar-refractivity contribution is 0.660. The maximum Gasteiger partial charge on any atom is -0.0234 e. The number of hydrogen-bond acceptors (Lipinski definition) is 0. The topological polar surface area (TPSA) is 0 Å². The second-order valence-electron chi connectivity index (χ2n) is 4.32. The van der Waals surface area contributed by atoms with Crippen LogP contribution in [0.25, 0.3) is 0 Å². The summed E-state index contributed by atoms with van der Waals surface area (Å²) in [5, 5.41) is 0. The fraction of sp³-hybridized carbons (Fsp3) is 0.882. The predicted molar refractivity (Wildman–Crippen MR) is 82.6 cm³/mol. The lowest BCUT2D eigenvalue weighted by Gasteiger charge is -1.99. The van der Waals surface area contributed by atoms with Gasteiger partial charge in [0.15, 0.2) is 0 Å². The van der Waals surface area contributed by atoms with Gasteiger partial charge in [-0.3, -0.25) is 0 Å². The highest BCUT2D eigenvalue weighted by Crippen LogP contribution is 2.25. The molecule has 0 spiro atoms. The Balaban J connectivity index is 0. The van der Waals surface area contributed by atoms with E-state index in [1.807, 2.05) is 27.7 Å². The Hall–Kier alpha value is -0.260. The van der Waals surface area contributed by atoms with Gasteiger partial charge < -0.3 is 0 Å². The van der Waals surface area contributed by atoms with Gasteiger partial charge in [0.05, 0.1) is 0 Å². The standard InChI is InChI=1S/C13H24.2C2H6/c1-2-3-4-5-6-7-10-13-11-8-9-12-13;2*1-2/h7,10,13H,2-6,8-9,11-12H2,1H3;2*1-2H3/b10-7+;;. The number of hydrogen-bond donors (Lipinski definition) is 0. The first-order valence-electron chi connectivity index (χ1n) is 8.10. The molecule has 1 fully saturated rings. The molecular weight excluding hydrogens is 204 g/mol. The van der Waals surface area contributed by atoms with E-state index in [4.69, 9.17) is 0 Å². The molecule has 0 aromatic carbocycles. The fourth-order valence-corrected chi connectivity index (χ4v) is 2.13. The molecule has 17 heavy (non-hydrogen) atoms. The van der Waals surface area contributed by atoms with Crippen molar-refractivity contribution in [2.24, 2.45) is 5.92 Å². The van der Waals surface area contributed by atoms with Gasteiger partial charge in [-0.25, -0.2) is 0 Å². The number of rotatable bonds is 6. The van der Waals surface area contributed by atoms with Gasteiger partial charge in [0.2, 0.25) is 0 Å². The summed E-state index contributed by atoms with van der Waals surface area (Å²) in [4.78, 5) is 0. The molecule has 0 aromatic heterocycles. The van der Waals surface area contributed by atoms with Crippen LogP contribution in [-0.4, -0.2) is 0 Å². The lowest BCUT2D eigenvalue weighted by atomic mass is 10.1. The predicted octanol–water partition coefficient (Wildman–Crippen LogP) is 6.76. The Labute approximate surface area is 111 Å². The second kappa shape index (κ2) is 18.1. The van der Waals surface area contributed by atoms with Crippen LogP contribution in [0.3, 0.4) is 0 Å². The molecule has 0 unspecified atom stereocenters. The van der Waals surface area contributed by atoms with E-state index in [-0.39, 0.29) is 0 Å². The van der Waals surface area contributed by atoms with E-state index in [0.717, 1.165) is 5.92 Å². The summed E-state index contributed by atoms with van der Waals surface area (Å²) in [6.07, 6.45) is 17.6. The Morgan fingerprint density at radius 1 is 0.882 bits per heavy atom. The van der Waals surface area contributed by atoms with Gasteiger partial charge in [0, 0.05) is 0 Å². The van der Waals surface area contributed by atoms with E-state index >= 15 is 0 Å². The monoisotopic (exact) mass is 240 g/mol. The van der Waals surface area contributed by atoms with E-state index in [2.05, 4.69) is 19.1 Å². The Morgan fingerprint density at radius 3 is 2.00 bits per heavy atom. The number of unbranched alkanes of at least 4 members (excludes halogenated alkanes) is 4. The summed E-state index contributed by atoms with van der Waals surface area (Å²) < 4.78 is 0. The highest BCUT2D eigenvalue weighted by molar-refractivity contribution is 4.90. The molecule has 1 aliphatic rings. The van der Waals surface area contributed by atoms with Crippen molar-refractivity contribution in [1.29, 1.82) is 0 Å². The van der Waals surface area contributed by atoms with Gasteiger partial charge in [0.1, 0.15) is 0 Å². The Morgan fingerprint density at radius 2 is 1.47 bits per heavy atom. The van der Waals surface area contributed by atoms with Crippen molar-refractivity contribution < 1.29 is 0 Å². The van der Waals surface area contributed by atoms with Crippen LogP contribution in [0.4, 0.5) is 0 Å². The van der Waals surface area contributed by atoms with Crippen LogP contribution in [-0.2, 0) is 0 Å². The van der Waals surface area contributed by atoms with Crippen LogP contribution < -0.4 is 0 Å². The lowest BCUT2D eigenvalue weighted by Crippen LogP contribution is -1.85. The number of allylic oxidation sites excluding steroid dienone is 2. The first kappa shape index (κ1) is 19.1. The molecule has 1 aliphatic carbocycles. The highest BCUT2D eigenvalue weighted by atomic mass is 14.2. The third kappa shape index (κ3) is 13.7. The second-order valence-corrected chi connectivity index (χ2v) is 4.32. The molecule has 0 heteroatoms. The summed E-state index contributed by atoms with van der Waals surface area (Å²) in [6, 6.07) is 0. The van der Waals surface area contributed by atoms with Crippen molar-refractivity contribution in [3.8, 4) is 0 Å². The third-order valence-corrected chi connectivity index (χ3v) is 3.03.